The van der Waals surface area contributed by atoms with Gasteiger partial charge in [-0.2, -0.15) is 0 Å². The standard InChI is InChI=1S/C22H28N4O2/c1-5-16(6-2)22(28)26-14-24-19(7-3)20(26)21(27)17-8-10-18(11-9-17)25-13-12-23-15(25)4/h8-13,16,24H,5-7,14H2,1-4H3. The Hall–Kier alpha value is -2.89. The Bertz CT molecular complexity index is 892. The van der Waals surface area contributed by atoms with Crippen LogP contribution in [0.1, 0.15) is 56.2 Å². The van der Waals surface area contributed by atoms with Gasteiger partial charge < -0.3 is 9.88 Å². The first-order chi connectivity index (χ1) is 13.5. The Morgan fingerprint density at radius 3 is 2.36 bits per heavy atom. The Morgan fingerprint density at radius 1 is 1.14 bits per heavy atom. The van der Waals surface area contributed by atoms with Crippen LogP contribution in [0.3, 0.4) is 0 Å². The lowest BCUT2D eigenvalue weighted by molar-refractivity contribution is -0.133. The minimum atomic E-state index is -0.116. The summed E-state index contributed by atoms with van der Waals surface area (Å²) in [7, 11) is 0. The smallest absolute Gasteiger partial charge is 0.231 e. The van der Waals surface area contributed by atoms with Crippen molar-refractivity contribution in [3.05, 3.63) is 59.4 Å². The molecular weight excluding hydrogens is 352 g/mol. The van der Waals surface area contributed by atoms with E-state index in [4.69, 9.17) is 0 Å². The molecule has 0 radical (unpaired) electrons. The van der Waals surface area contributed by atoms with E-state index in [0.717, 1.165) is 30.1 Å². The van der Waals surface area contributed by atoms with Crippen molar-refractivity contribution in [2.45, 2.75) is 47.0 Å². The number of Topliss-reactive ketones (excluding diaryl/α,β-unsaturated/α-hetero) is 1. The normalized spacial score (nSPS) is 14.0. The number of amides is 1. The quantitative estimate of drug-likeness (QED) is 0.742. The van der Waals surface area contributed by atoms with Crippen LogP contribution in [0.25, 0.3) is 5.69 Å². The van der Waals surface area contributed by atoms with Crippen molar-refractivity contribution in [2.24, 2.45) is 5.92 Å². The molecule has 1 N–H and O–H groups in total. The van der Waals surface area contributed by atoms with Gasteiger partial charge in [-0.3, -0.25) is 14.5 Å². The summed E-state index contributed by atoms with van der Waals surface area (Å²) in [6.07, 6.45) is 5.86. The van der Waals surface area contributed by atoms with Gasteiger partial charge in [0, 0.05) is 35.3 Å². The summed E-state index contributed by atoms with van der Waals surface area (Å²) in [5.74, 6) is 0.731. The zero-order chi connectivity index (χ0) is 20.3. The molecule has 0 bridgehead atoms. The first-order valence-corrected chi connectivity index (χ1v) is 9.95. The third-order valence-electron chi connectivity index (χ3n) is 5.41. The molecule has 6 nitrogen and oxygen atoms in total. The average Bonchev–Trinajstić information content (AvgIpc) is 3.34. The molecule has 1 aromatic heterocycles. The van der Waals surface area contributed by atoms with E-state index in [9.17, 15) is 9.59 Å². The maximum absolute atomic E-state index is 13.3. The van der Waals surface area contributed by atoms with Gasteiger partial charge >= 0.3 is 0 Å². The number of imidazole rings is 1. The average molecular weight is 380 g/mol. The van der Waals surface area contributed by atoms with Crippen LogP contribution in [0, 0.1) is 12.8 Å². The highest BCUT2D eigenvalue weighted by atomic mass is 16.2. The molecule has 2 aromatic rings. The van der Waals surface area contributed by atoms with E-state index >= 15 is 0 Å². The third-order valence-corrected chi connectivity index (χ3v) is 5.41. The van der Waals surface area contributed by atoms with Gasteiger partial charge in [-0.05, 0) is 50.5 Å². The van der Waals surface area contributed by atoms with Crippen LogP contribution in [0.15, 0.2) is 48.1 Å². The highest BCUT2D eigenvalue weighted by Gasteiger charge is 2.34. The van der Waals surface area contributed by atoms with Crippen molar-refractivity contribution >= 4 is 11.7 Å². The maximum Gasteiger partial charge on any atom is 0.231 e. The molecule has 0 saturated carbocycles. The lowest BCUT2D eigenvalue weighted by Crippen LogP contribution is -2.37. The first-order valence-electron chi connectivity index (χ1n) is 9.95. The highest BCUT2D eigenvalue weighted by molar-refractivity contribution is 6.11. The molecule has 0 unspecified atom stereocenters. The van der Waals surface area contributed by atoms with Crippen LogP contribution in [-0.2, 0) is 4.79 Å². The van der Waals surface area contributed by atoms with E-state index in [0.29, 0.717) is 24.4 Å². The van der Waals surface area contributed by atoms with E-state index in [2.05, 4.69) is 10.3 Å². The summed E-state index contributed by atoms with van der Waals surface area (Å²) < 4.78 is 1.96. The van der Waals surface area contributed by atoms with Gasteiger partial charge in [0.25, 0.3) is 0 Å². The monoisotopic (exact) mass is 380 g/mol. The summed E-state index contributed by atoms with van der Waals surface area (Å²) in [4.78, 5) is 32.1. The molecule has 148 valence electrons. The van der Waals surface area contributed by atoms with E-state index < -0.39 is 0 Å². The molecule has 0 saturated heterocycles. The summed E-state index contributed by atoms with van der Waals surface area (Å²) in [5.41, 5.74) is 2.85. The zero-order valence-electron chi connectivity index (χ0n) is 17.0. The number of hydrogen-bond donors (Lipinski definition) is 1. The molecule has 0 atom stereocenters. The van der Waals surface area contributed by atoms with Gasteiger partial charge in [0.15, 0.2) is 0 Å². The van der Waals surface area contributed by atoms with Gasteiger partial charge in [0.1, 0.15) is 11.5 Å². The van der Waals surface area contributed by atoms with Crippen LogP contribution in [-0.4, -0.2) is 32.8 Å². The van der Waals surface area contributed by atoms with E-state index in [1.54, 1.807) is 11.1 Å². The van der Waals surface area contributed by atoms with Crippen LogP contribution in [0.5, 0.6) is 0 Å². The third kappa shape index (κ3) is 3.59. The largest absolute Gasteiger partial charge is 0.369 e. The number of carbonyl (C=O) groups is 2. The van der Waals surface area contributed by atoms with Crippen LogP contribution < -0.4 is 5.32 Å². The topological polar surface area (TPSA) is 67.2 Å². The van der Waals surface area contributed by atoms with Gasteiger partial charge in [-0.1, -0.05) is 20.8 Å². The van der Waals surface area contributed by atoms with E-state index in [1.807, 2.05) is 62.7 Å². The number of benzene rings is 1. The fraction of sp³-hybridized carbons (Fsp3) is 0.409. The minimum Gasteiger partial charge on any atom is -0.369 e. The molecule has 2 heterocycles. The number of aromatic nitrogens is 2. The van der Waals surface area contributed by atoms with Crippen molar-refractivity contribution in [3.63, 3.8) is 0 Å². The lowest BCUT2D eigenvalue weighted by atomic mass is 10.00. The number of ketones is 1. The predicted molar refractivity (Wildman–Crippen MR) is 109 cm³/mol. The van der Waals surface area contributed by atoms with Gasteiger partial charge in [-0.15, -0.1) is 0 Å². The molecule has 1 aliphatic heterocycles. The number of nitrogens with zero attached hydrogens (tertiary/aromatic N) is 3. The Morgan fingerprint density at radius 2 is 1.82 bits per heavy atom. The molecule has 28 heavy (non-hydrogen) atoms. The Kier molecular flexibility index (Phi) is 5.97. The fourth-order valence-corrected chi connectivity index (χ4v) is 3.66. The number of aryl methyl sites for hydroxylation is 1. The zero-order valence-corrected chi connectivity index (χ0v) is 17.0. The number of allylic oxidation sites excluding steroid dienone is 2. The SMILES string of the molecule is CCC1=C(C(=O)c2ccc(-n3ccnc3C)cc2)N(C(=O)C(CC)CC)CN1. The molecule has 0 fully saturated rings. The van der Waals surface area contributed by atoms with Crippen molar-refractivity contribution in [3.8, 4) is 5.69 Å². The fourth-order valence-electron chi connectivity index (χ4n) is 3.66. The van der Waals surface area contributed by atoms with Gasteiger partial charge in [0.05, 0.1) is 6.67 Å². The summed E-state index contributed by atoms with van der Waals surface area (Å²) in [5, 5.41) is 3.23. The van der Waals surface area contributed by atoms with Crippen LogP contribution in [0.4, 0.5) is 0 Å². The number of nitrogens with one attached hydrogen (secondary N) is 1. The highest BCUT2D eigenvalue weighted by Crippen LogP contribution is 2.26. The predicted octanol–water partition coefficient (Wildman–Crippen LogP) is 3.81. The minimum absolute atomic E-state index is 0.0231. The second-order valence-corrected chi connectivity index (χ2v) is 7.02. The molecule has 3 rings (SSSR count). The summed E-state index contributed by atoms with van der Waals surface area (Å²) >= 11 is 0. The molecule has 1 amide bonds. The number of carbonyl (C=O) groups excluding carboxylic acids is 2. The van der Waals surface area contributed by atoms with Gasteiger partial charge in [0.2, 0.25) is 11.7 Å². The lowest BCUT2D eigenvalue weighted by Gasteiger charge is -2.23. The number of rotatable bonds is 7. The van der Waals surface area contributed by atoms with Crippen LogP contribution in [0.2, 0.25) is 0 Å². The molecule has 0 spiro atoms. The van der Waals surface area contributed by atoms with Crippen molar-refractivity contribution in [1.82, 2.24) is 19.8 Å². The molecule has 6 heteroatoms. The Labute approximate surface area is 166 Å². The Balaban J connectivity index is 1.90. The molecule has 1 aromatic carbocycles. The molecule has 0 aliphatic carbocycles. The van der Waals surface area contributed by atoms with Crippen molar-refractivity contribution in [2.75, 3.05) is 6.67 Å². The second-order valence-electron chi connectivity index (χ2n) is 7.02. The van der Waals surface area contributed by atoms with Crippen LogP contribution >= 0.6 is 0 Å². The van der Waals surface area contributed by atoms with Crippen molar-refractivity contribution < 1.29 is 9.59 Å². The number of hydrogen-bond acceptors (Lipinski definition) is 4. The molecular formula is C22H28N4O2. The van der Waals surface area contributed by atoms with Gasteiger partial charge in [-0.25, -0.2) is 4.98 Å². The van der Waals surface area contributed by atoms with Crippen molar-refractivity contribution in [1.29, 1.82) is 0 Å². The second kappa shape index (κ2) is 8.42. The summed E-state index contributed by atoms with van der Waals surface area (Å²) in [6, 6.07) is 7.44. The van der Waals surface area contributed by atoms with E-state index in [1.165, 1.54) is 0 Å². The summed E-state index contributed by atoms with van der Waals surface area (Å²) in [6.45, 7) is 8.32. The van der Waals surface area contributed by atoms with E-state index in [-0.39, 0.29) is 17.6 Å². The first kappa shape index (κ1) is 19.9. The maximum atomic E-state index is 13.3. The molecule has 1 aliphatic rings.